The van der Waals surface area contributed by atoms with Crippen molar-refractivity contribution in [3.8, 4) is 5.75 Å². The molecule has 0 bridgehead atoms. The summed E-state index contributed by atoms with van der Waals surface area (Å²) in [5.41, 5.74) is 6.84. The number of carbonyl (C=O) groups excluding carboxylic acids is 2. The van der Waals surface area contributed by atoms with E-state index in [2.05, 4.69) is 10.6 Å². The van der Waals surface area contributed by atoms with Crippen LogP contribution in [0.25, 0.3) is 0 Å². The lowest BCUT2D eigenvalue weighted by molar-refractivity contribution is -0.125. The molecule has 0 aromatic heterocycles. The molecule has 0 aliphatic carbocycles. The van der Waals surface area contributed by atoms with Gasteiger partial charge >= 0.3 is 0 Å². The van der Waals surface area contributed by atoms with Crippen LogP contribution in [-0.4, -0.2) is 23.5 Å². The monoisotopic (exact) mass is 251 g/mol. The summed E-state index contributed by atoms with van der Waals surface area (Å²) in [6, 6.07) is 5.05. The van der Waals surface area contributed by atoms with Crippen molar-refractivity contribution in [2.75, 3.05) is 6.54 Å². The Labute approximate surface area is 105 Å². The highest BCUT2D eigenvalue weighted by atomic mass is 16.3. The van der Waals surface area contributed by atoms with Gasteiger partial charge in [-0.05, 0) is 11.6 Å². The molecule has 0 spiro atoms. The van der Waals surface area contributed by atoms with Gasteiger partial charge in [0.1, 0.15) is 5.75 Å². The molecule has 5 N–H and O–H groups in total. The summed E-state index contributed by atoms with van der Waals surface area (Å²) in [5.74, 6) is -0.422. The van der Waals surface area contributed by atoms with E-state index in [0.29, 0.717) is 5.56 Å². The highest BCUT2D eigenvalue weighted by molar-refractivity contribution is 5.83. The van der Waals surface area contributed by atoms with Gasteiger partial charge in [-0.3, -0.25) is 9.59 Å². The zero-order valence-electron chi connectivity index (χ0n) is 10.2. The van der Waals surface area contributed by atoms with Crippen LogP contribution in [-0.2, 0) is 22.7 Å². The lowest BCUT2D eigenvalue weighted by Crippen LogP contribution is -2.35. The van der Waals surface area contributed by atoms with Crippen LogP contribution in [0.3, 0.4) is 0 Å². The number of nitrogens with one attached hydrogen (secondary N) is 2. The third kappa shape index (κ3) is 4.42. The Kier molecular flexibility index (Phi) is 5.13. The first kappa shape index (κ1) is 14.0. The van der Waals surface area contributed by atoms with Crippen molar-refractivity contribution in [2.45, 2.75) is 20.0 Å². The molecular weight excluding hydrogens is 234 g/mol. The van der Waals surface area contributed by atoms with E-state index in [1.54, 1.807) is 18.2 Å². The minimum absolute atomic E-state index is 0.0534. The molecule has 0 atom stereocenters. The molecule has 0 heterocycles. The molecule has 0 radical (unpaired) electrons. The Bertz CT molecular complexity index is 446. The van der Waals surface area contributed by atoms with Crippen LogP contribution in [0.2, 0.25) is 0 Å². The quantitative estimate of drug-likeness (QED) is 0.571. The van der Waals surface area contributed by atoms with Crippen molar-refractivity contribution in [1.29, 1.82) is 0 Å². The van der Waals surface area contributed by atoms with Crippen molar-refractivity contribution in [3.63, 3.8) is 0 Å². The number of phenols is 1. The van der Waals surface area contributed by atoms with Gasteiger partial charge in [-0.1, -0.05) is 12.1 Å². The Morgan fingerprint density at radius 2 is 2.06 bits per heavy atom. The van der Waals surface area contributed by atoms with Crippen molar-refractivity contribution in [3.05, 3.63) is 29.3 Å². The molecule has 0 saturated carbocycles. The van der Waals surface area contributed by atoms with Gasteiger partial charge < -0.3 is 21.5 Å². The first-order valence-electron chi connectivity index (χ1n) is 5.55. The second-order valence-corrected chi connectivity index (χ2v) is 3.85. The lowest BCUT2D eigenvalue weighted by Gasteiger charge is -2.08. The fraction of sp³-hybridized carbons (Fsp3) is 0.333. The third-order valence-corrected chi connectivity index (χ3v) is 2.36. The Hall–Kier alpha value is -2.08. The molecular formula is C12H17N3O3. The van der Waals surface area contributed by atoms with E-state index in [1.807, 2.05) is 0 Å². The molecule has 6 heteroatoms. The number of hydrogen-bond donors (Lipinski definition) is 4. The maximum Gasteiger partial charge on any atom is 0.239 e. The summed E-state index contributed by atoms with van der Waals surface area (Å²) in [6.07, 6.45) is 0. The number of hydrogen-bond acceptors (Lipinski definition) is 4. The second-order valence-electron chi connectivity index (χ2n) is 3.85. The lowest BCUT2D eigenvalue weighted by atomic mass is 10.1. The molecule has 0 aliphatic rings. The van der Waals surface area contributed by atoms with Gasteiger partial charge in [0.25, 0.3) is 0 Å². The minimum Gasteiger partial charge on any atom is -0.508 e. The number of carbonyl (C=O) groups is 2. The highest BCUT2D eigenvalue weighted by Crippen LogP contribution is 2.17. The zero-order chi connectivity index (χ0) is 13.5. The van der Waals surface area contributed by atoms with E-state index in [1.165, 1.54) is 6.92 Å². The Balaban J connectivity index is 2.46. The second kappa shape index (κ2) is 6.61. The molecule has 1 rings (SSSR count). The fourth-order valence-electron chi connectivity index (χ4n) is 1.36. The van der Waals surface area contributed by atoms with Crippen LogP contribution in [0, 0.1) is 0 Å². The third-order valence-electron chi connectivity index (χ3n) is 2.36. The van der Waals surface area contributed by atoms with Crippen LogP contribution < -0.4 is 16.4 Å². The molecule has 0 aliphatic heterocycles. The first-order valence-corrected chi connectivity index (χ1v) is 5.55. The Morgan fingerprint density at radius 3 is 2.61 bits per heavy atom. The summed E-state index contributed by atoms with van der Waals surface area (Å²) in [7, 11) is 0. The van der Waals surface area contributed by atoms with Gasteiger partial charge in [0.05, 0.1) is 6.54 Å². The Morgan fingerprint density at radius 1 is 1.33 bits per heavy atom. The molecule has 6 nitrogen and oxygen atoms in total. The van der Waals surface area contributed by atoms with Gasteiger partial charge in [-0.25, -0.2) is 0 Å². The molecule has 18 heavy (non-hydrogen) atoms. The van der Waals surface area contributed by atoms with Crippen molar-refractivity contribution < 1.29 is 14.7 Å². The first-order chi connectivity index (χ1) is 8.52. The van der Waals surface area contributed by atoms with Crippen LogP contribution in [0.5, 0.6) is 5.75 Å². The highest BCUT2D eigenvalue weighted by Gasteiger charge is 2.04. The summed E-state index contributed by atoms with van der Waals surface area (Å²) < 4.78 is 0. The van der Waals surface area contributed by atoms with E-state index in [4.69, 9.17) is 5.73 Å². The summed E-state index contributed by atoms with van der Waals surface area (Å²) >= 11 is 0. The largest absolute Gasteiger partial charge is 0.508 e. The molecule has 1 aromatic rings. The normalized spacial score (nSPS) is 9.89. The van der Waals surface area contributed by atoms with Crippen LogP contribution in [0.1, 0.15) is 18.1 Å². The molecule has 0 unspecified atom stereocenters. The van der Waals surface area contributed by atoms with Crippen LogP contribution in [0.4, 0.5) is 0 Å². The van der Waals surface area contributed by atoms with E-state index in [9.17, 15) is 14.7 Å². The van der Waals surface area contributed by atoms with Crippen LogP contribution >= 0.6 is 0 Å². The number of aromatic hydroxyl groups is 1. The topological polar surface area (TPSA) is 104 Å². The molecule has 1 aromatic carbocycles. The van der Waals surface area contributed by atoms with Gasteiger partial charge in [0.2, 0.25) is 11.8 Å². The number of benzene rings is 1. The summed E-state index contributed by atoms with van der Waals surface area (Å²) in [5, 5.41) is 14.6. The maximum atomic E-state index is 11.3. The van der Waals surface area contributed by atoms with E-state index >= 15 is 0 Å². The van der Waals surface area contributed by atoms with Gasteiger partial charge in [-0.2, -0.15) is 0 Å². The maximum absolute atomic E-state index is 11.3. The van der Waals surface area contributed by atoms with Crippen molar-refractivity contribution in [1.82, 2.24) is 10.6 Å². The summed E-state index contributed by atoms with van der Waals surface area (Å²) in [4.78, 5) is 21.9. The molecule has 0 fully saturated rings. The molecule has 98 valence electrons. The molecule has 0 saturated heterocycles. The van der Waals surface area contributed by atoms with Gasteiger partial charge in [-0.15, -0.1) is 0 Å². The average Bonchev–Trinajstić information content (AvgIpc) is 2.34. The zero-order valence-corrected chi connectivity index (χ0v) is 10.2. The van der Waals surface area contributed by atoms with Gasteiger partial charge in [0.15, 0.2) is 0 Å². The molecule has 2 amide bonds. The fourth-order valence-corrected chi connectivity index (χ4v) is 1.36. The number of phenolic OH excluding ortho intramolecular Hbond substituents is 1. The minimum atomic E-state index is -0.285. The SMILES string of the molecule is CC(=O)NCC(=O)NCc1ccc(CN)c(O)c1. The van der Waals surface area contributed by atoms with Crippen LogP contribution in [0.15, 0.2) is 18.2 Å². The van der Waals surface area contributed by atoms with Crippen molar-refractivity contribution >= 4 is 11.8 Å². The number of amides is 2. The predicted molar refractivity (Wildman–Crippen MR) is 66.5 cm³/mol. The van der Waals surface area contributed by atoms with E-state index < -0.39 is 0 Å². The summed E-state index contributed by atoms with van der Waals surface area (Å²) in [6.45, 7) is 1.84. The number of rotatable bonds is 5. The number of nitrogens with two attached hydrogens (primary N) is 1. The van der Waals surface area contributed by atoms with E-state index in [0.717, 1.165) is 5.56 Å². The standard InChI is InChI=1S/C12H17N3O3/c1-8(16)14-7-12(18)15-6-9-2-3-10(5-13)11(17)4-9/h2-4,17H,5-7,13H2,1H3,(H,14,16)(H,15,18). The van der Waals surface area contributed by atoms with Crippen molar-refractivity contribution in [2.24, 2.45) is 5.73 Å². The smallest absolute Gasteiger partial charge is 0.239 e. The predicted octanol–water partition coefficient (Wildman–Crippen LogP) is -0.397. The van der Waals surface area contributed by atoms with E-state index in [-0.39, 0.29) is 37.2 Å². The average molecular weight is 251 g/mol. The van der Waals surface area contributed by atoms with Gasteiger partial charge in [0, 0.05) is 25.6 Å².